The van der Waals surface area contributed by atoms with Gasteiger partial charge in [0.15, 0.2) is 0 Å². The lowest BCUT2D eigenvalue weighted by Crippen LogP contribution is -2.01. The fourth-order valence-electron chi connectivity index (χ4n) is 1.26. The van der Waals surface area contributed by atoms with Gasteiger partial charge < -0.3 is 0 Å². The fourth-order valence-corrected chi connectivity index (χ4v) is 1.62. The number of aryl methyl sites for hydroxylation is 2. The summed E-state index contributed by atoms with van der Waals surface area (Å²) in [5, 5.41) is 0.613. The lowest BCUT2D eigenvalue weighted by molar-refractivity contribution is 0.897. The molecule has 2 nitrogen and oxygen atoms in total. The van der Waals surface area contributed by atoms with Gasteiger partial charge in [-0.2, -0.15) is 0 Å². The summed E-state index contributed by atoms with van der Waals surface area (Å²) in [6, 6.07) is 0. The van der Waals surface area contributed by atoms with Crippen molar-refractivity contribution in [2.75, 3.05) is 0 Å². The van der Waals surface area contributed by atoms with E-state index in [9.17, 15) is 0 Å². The number of hydrogen-bond acceptors (Lipinski definition) is 2. The standard InChI is InChI=1S/C9H13ClN2/c1-4-7-8(5-2)11-6(3)12-9(7)10/h4-5H2,1-3H3. The van der Waals surface area contributed by atoms with Crippen LogP contribution < -0.4 is 0 Å². The molecule has 0 N–H and O–H groups in total. The zero-order chi connectivity index (χ0) is 9.14. The molecule has 0 saturated heterocycles. The Labute approximate surface area is 78.0 Å². The van der Waals surface area contributed by atoms with E-state index in [0.29, 0.717) is 5.15 Å². The zero-order valence-electron chi connectivity index (χ0n) is 7.69. The Balaban J connectivity index is 3.24. The van der Waals surface area contributed by atoms with Gasteiger partial charge in [0.25, 0.3) is 0 Å². The van der Waals surface area contributed by atoms with E-state index in [1.54, 1.807) is 0 Å². The molecule has 0 atom stereocenters. The minimum absolute atomic E-state index is 0.613. The van der Waals surface area contributed by atoms with Crippen molar-refractivity contribution in [1.29, 1.82) is 0 Å². The van der Waals surface area contributed by atoms with E-state index >= 15 is 0 Å². The largest absolute Gasteiger partial charge is 0.238 e. The molecule has 66 valence electrons. The molecular formula is C9H13ClN2. The number of halogens is 1. The molecule has 12 heavy (non-hydrogen) atoms. The van der Waals surface area contributed by atoms with Crippen molar-refractivity contribution >= 4 is 11.6 Å². The second-order valence-corrected chi connectivity index (χ2v) is 3.05. The van der Waals surface area contributed by atoms with E-state index in [1.807, 2.05) is 6.92 Å². The average Bonchev–Trinajstić information content (AvgIpc) is 2.03. The highest BCUT2D eigenvalue weighted by molar-refractivity contribution is 6.30. The minimum Gasteiger partial charge on any atom is -0.238 e. The average molecular weight is 185 g/mol. The van der Waals surface area contributed by atoms with E-state index in [0.717, 1.165) is 29.9 Å². The monoisotopic (exact) mass is 184 g/mol. The van der Waals surface area contributed by atoms with E-state index in [4.69, 9.17) is 11.6 Å². The molecular weight excluding hydrogens is 172 g/mol. The highest BCUT2D eigenvalue weighted by Gasteiger charge is 2.07. The van der Waals surface area contributed by atoms with Crippen LogP contribution in [0.3, 0.4) is 0 Å². The molecule has 0 aliphatic rings. The highest BCUT2D eigenvalue weighted by Crippen LogP contribution is 2.17. The van der Waals surface area contributed by atoms with Gasteiger partial charge in [0.2, 0.25) is 0 Å². The molecule has 0 radical (unpaired) electrons. The van der Waals surface area contributed by atoms with Crippen LogP contribution in [0.15, 0.2) is 0 Å². The van der Waals surface area contributed by atoms with Crippen LogP contribution in [0, 0.1) is 6.92 Å². The summed E-state index contributed by atoms with van der Waals surface area (Å²) in [7, 11) is 0. The number of aromatic nitrogens is 2. The van der Waals surface area contributed by atoms with Crippen molar-refractivity contribution in [3.8, 4) is 0 Å². The zero-order valence-corrected chi connectivity index (χ0v) is 8.44. The van der Waals surface area contributed by atoms with E-state index < -0.39 is 0 Å². The third kappa shape index (κ3) is 1.75. The Hall–Kier alpha value is -0.630. The van der Waals surface area contributed by atoms with Gasteiger partial charge >= 0.3 is 0 Å². The van der Waals surface area contributed by atoms with Gasteiger partial charge in [-0.1, -0.05) is 25.4 Å². The molecule has 0 aliphatic carbocycles. The van der Waals surface area contributed by atoms with Crippen molar-refractivity contribution in [3.05, 3.63) is 22.2 Å². The summed E-state index contributed by atoms with van der Waals surface area (Å²) >= 11 is 5.96. The molecule has 0 saturated carbocycles. The van der Waals surface area contributed by atoms with Gasteiger partial charge in [-0.15, -0.1) is 0 Å². The number of hydrogen-bond donors (Lipinski definition) is 0. The van der Waals surface area contributed by atoms with Gasteiger partial charge in [-0.3, -0.25) is 0 Å². The molecule has 3 heteroatoms. The van der Waals surface area contributed by atoms with E-state index in [1.165, 1.54) is 0 Å². The Morgan fingerprint density at radius 3 is 2.33 bits per heavy atom. The minimum atomic E-state index is 0.613. The van der Waals surface area contributed by atoms with Crippen molar-refractivity contribution in [1.82, 2.24) is 9.97 Å². The molecule has 0 amide bonds. The van der Waals surface area contributed by atoms with Crippen LogP contribution in [0.5, 0.6) is 0 Å². The first-order valence-corrected chi connectivity index (χ1v) is 4.58. The highest BCUT2D eigenvalue weighted by atomic mass is 35.5. The quantitative estimate of drug-likeness (QED) is 0.661. The number of rotatable bonds is 2. The molecule has 0 bridgehead atoms. The summed E-state index contributed by atoms with van der Waals surface area (Å²) in [6.45, 7) is 6.01. The van der Waals surface area contributed by atoms with Crippen molar-refractivity contribution in [2.24, 2.45) is 0 Å². The molecule has 0 aliphatic heterocycles. The first-order chi connectivity index (χ1) is 5.69. The van der Waals surface area contributed by atoms with Crippen LogP contribution in [0.2, 0.25) is 5.15 Å². The number of nitrogens with zero attached hydrogens (tertiary/aromatic N) is 2. The second-order valence-electron chi connectivity index (χ2n) is 2.69. The van der Waals surface area contributed by atoms with Gasteiger partial charge in [0.05, 0.1) is 0 Å². The Morgan fingerprint density at radius 1 is 1.17 bits per heavy atom. The van der Waals surface area contributed by atoms with Crippen LogP contribution in [-0.4, -0.2) is 9.97 Å². The topological polar surface area (TPSA) is 25.8 Å². The third-order valence-electron chi connectivity index (χ3n) is 1.84. The van der Waals surface area contributed by atoms with Crippen LogP contribution in [0.4, 0.5) is 0 Å². The van der Waals surface area contributed by atoms with Crippen LogP contribution in [0.1, 0.15) is 30.9 Å². The maximum absolute atomic E-state index is 5.96. The van der Waals surface area contributed by atoms with Gasteiger partial charge in [-0.25, -0.2) is 9.97 Å². The summed E-state index contributed by atoms with van der Waals surface area (Å²) in [5.74, 6) is 0.758. The predicted molar refractivity (Wildman–Crippen MR) is 50.5 cm³/mol. The van der Waals surface area contributed by atoms with Crippen LogP contribution in [-0.2, 0) is 12.8 Å². The molecule has 0 fully saturated rings. The normalized spacial score (nSPS) is 10.3. The molecule has 1 rings (SSSR count). The molecule has 1 heterocycles. The van der Waals surface area contributed by atoms with Crippen LogP contribution >= 0.6 is 11.6 Å². The van der Waals surface area contributed by atoms with Gasteiger partial charge in [-0.05, 0) is 19.8 Å². The van der Waals surface area contributed by atoms with Gasteiger partial charge in [0, 0.05) is 11.3 Å². The molecule has 1 aromatic rings. The first kappa shape index (κ1) is 9.46. The Morgan fingerprint density at radius 2 is 1.83 bits per heavy atom. The van der Waals surface area contributed by atoms with Crippen molar-refractivity contribution in [3.63, 3.8) is 0 Å². The third-order valence-corrected chi connectivity index (χ3v) is 2.16. The van der Waals surface area contributed by atoms with Crippen molar-refractivity contribution in [2.45, 2.75) is 33.6 Å². The molecule has 0 spiro atoms. The summed E-state index contributed by atoms with van der Waals surface area (Å²) in [4.78, 5) is 8.44. The first-order valence-electron chi connectivity index (χ1n) is 4.20. The molecule has 0 unspecified atom stereocenters. The molecule has 1 aromatic heterocycles. The summed E-state index contributed by atoms with van der Waals surface area (Å²) in [5.41, 5.74) is 2.17. The van der Waals surface area contributed by atoms with Crippen LogP contribution in [0.25, 0.3) is 0 Å². The fraction of sp³-hybridized carbons (Fsp3) is 0.556. The lowest BCUT2D eigenvalue weighted by Gasteiger charge is -2.06. The predicted octanol–water partition coefficient (Wildman–Crippen LogP) is 2.56. The van der Waals surface area contributed by atoms with E-state index in [2.05, 4.69) is 23.8 Å². The van der Waals surface area contributed by atoms with Crippen molar-refractivity contribution < 1.29 is 0 Å². The maximum atomic E-state index is 5.96. The van der Waals surface area contributed by atoms with E-state index in [-0.39, 0.29) is 0 Å². The smallest absolute Gasteiger partial charge is 0.136 e. The second kappa shape index (κ2) is 3.85. The molecule has 0 aromatic carbocycles. The lowest BCUT2D eigenvalue weighted by atomic mass is 10.1. The Kier molecular flexibility index (Phi) is 3.04. The summed E-state index contributed by atoms with van der Waals surface area (Å²) in [6.07, 6.45) is 1.83. The Bertz CT molecular complexity index is 284. The maximum Gasteiger partial charge on any atom is 0.136 e. The van der Waals surface area contributed by atoms with Gasteiger partial charge in [0.1, 0.15) is 11.0 Å². The SMILES string of the molecule is CCc1nc(C)nc(Cl)c1CC. The summed E-state index contributed by atoms with van der Waals surface area (Å²) < 4.78 is 0.